The molecule has 1 fully saturated rings. The molecule has 1 unspecified atom stereocenters. The van der Waals surface area contributed by atoms with Crippen molar-refractivity contribution in [1.82, 2.24) is 10.2 Å². The lowest BCUT2D eigenvalue weighted by Gasteiger charge is -2.33. The Balaban J connectivity index is 1.68. The van der Waals surface area contributed by atoms with Gasteiger partial charge in [-0.1, -0.05) is 24.3 Å². The third kappa shape index (κ3) is 2.53. The van der Waals surface area contributed by atoms with Gasteiger partial charge >= 0.3 is 0 Å². The van der Waals surface area contributed by atoms with Crippen LogP contribution in [0.15, 0.2) is 24.3 Å². The normalized spacial score (nSPS) is 26.2. The SMILES string of the molecule is c1ccc2c(c1)CCN(C1CCCNC1)CC2. The smallest absolute Gasteiger partial charge is 0.0221 e. The van der Waals surface area contributed by atoms with E-state index in [-0.39, 0.29) is 0 Å². The Morgan fingerprint density at radius 3 is 2.35 bits per heavy atom. The summed E-state index contributed by atoms with van der Waals surface area (Å²) in [5, 5.41) is 3.53. The molecule has 2 aliphatic rings. The van der Waals surface area contributed by atoms with Crippen LogP contribution in [0.3, 0.4) is 0 Å². The van der Waals surface area contributed by atoms with Gasteiger partial charge in [-0.15, -0.1) is 0 Å². The molecule has 2 heterocycles. The van der Waals surface area contributed by atoms with E-state index in [0.29, 0.717) is 0 Å². The van der Waals surface area contributed by atoms with E-state index in [0.717, 1.165) is 6.04 Å². The zero-order valence-electron chi connectivity index (χ0n) is 10.5. The van der Waals surface area contributed by atoms with E-state index >= 15 is 0 Å². The van der Waals surface area contributed by atoms with Crippen LogP contribution in [0.5, 0.6) is 0 Å². The average Bonchev–Trinajstić information content (AvgIpc) is 2.62. The number of nitrogens with one attached hydrogen (secondary N) is 1. The molecule has 0 amide bonds. The summed E-state index contributed by atoms with van der Waals surface area (Å²) in [5.74, 6) is 0. The highest BCUT2D eigenvalue weighted by molar-refractivity contribution is 5.28. The second-order valence-electron chi connectivity index (χ2n) is 5.30. The number of hydrogen-bond donors (Lipinski definition) is 1. The largest absolute Gasteiger partial charge is 0.315 e. The second-order valence-corrected chi connectivity index (χ2v) is 5.30. The highest BCUT2D eigenvalue weighted by atomic mass is 15.2. The molecule has 1 saturated heterocycles. The van der Waals surface area contributed by atoms with Crippen LogP contribution in [0, 0.1) is 0 Å². The fourth-order valence-corrected chi connectivity index (χ4v) is 3.20. The summed E-state index contributed by atoms with van der Waals surface area (Å²) >= 11 is 0. The van der Waals surface area contributed by atoms with E-state index < -0.39 is 0 Å². The highest BCUT2D eigenvalue weighted by Gasteiger charge is 2.22. The quantitative estimate of drug-likeness (QED) is 0.792. The molecule has 2 aliphatic heterocycles. The molecule has 0 aromatic heterocycles. The van der Waals surface area contributed by atoms with Crippen LogP contribution in [-0.2, 0) is 12.8 Å². The van der Waals surface area contributed by atoms with Gasteiger partial charge in [-0.05, 0) is 43.4 Å². The van der Waals surface area contributed by atoms with Crippen LogP contribution in [0.2, 0.25) is 0 Å². The molecule has 1 N–H and O–H groups in total. The lowest BCUT2D eigenvalue weighted by Crippen LogP contribution is -2.46. The van der Waals surface area contributed by atoms with Gasteiger partial charge in [-0.3, -0.25) is 4.90 Å². The number of fused-ring (bicyclic) bond motifs is 1. The van der Waals surface area contributed by atoms with Crippen LogP contribution in [0.25, 0.3) is 0 Å². The molecule has 0 bridgehead atoms. The first-order valence-corrected chi connectivity index (χ1v) is 6.95. The van der Waals surface area contributed by atoms with E-state index in [1.54, 1.807) is 11.1 Å². The van der Waals surface area contributed by atoms with Gasteiger partial charge in [0.2, 0.25) is 0 Å². The highest BCUT2D eigenvalue weighted by Crippen LogP contribution is 2.19. The summed E-state index contributed by atoms with van der Waals surface area (Å²) < 4.78 is 0. The first-order valence-electron chi connectivity index (χ1n) is 6.95. The molecule has 1 atom stereocenters. The average molecular weight is 230 g/mol. The van der Waals surface area contributed by atoms with Gasteiger partial charge < -0.3 is 5.32 Å². The van der Waals surface area contributed by atoms with Crippen LogP contribution in [0.1, 0.15) is 24.0 Å². The van der Waals surface area contributed by atoms with E-state index in [2.05, 4.69) is 34.5 Å². The van der Waals surface area contributed by atoms with Gasteiger partial charge in [-0.2, -0.15) is 0 Å². The number of piperidine rings is 1. The van der Waals surface area contributed by atoms with Gasteiger partial charge in [0.25, 0.3) is 0 Å². The maximum Gasteiger partial charge on any atom is 0.0221 e. The van der Waals surface area contributed by atoms with Gasteiger partial charge in [0.15, 0.2) is 0 Å². The van der Waals surface area contributed by atoms with Crippen molar-refractivity contribution in [2.45, 2.75) is 31.7 Å². The topological polar surface area (TPSA) is 15.3 Å². The Kier molecular flexibility index (Phi) is 3.44. The zero-order valence-corrected chi connectivity index (χ0v) is 10.5. The van der Waals surface area contributed by atoms with E-state index in [4.69, 9.17) is 0 Å². The van der Waals surface area contributed by atoms with Crippen molar-refractivity contribution in [3.05, 3.63) is 35.4 Å². The Morgan fingerprint density at radius 2 is 1.76 bits per heavy atom. The standard InChI is InChI=1S/C15H22N2/c1-2-5-14-8-11-17(10-7-13(14)4-1)15-6-3-9-16-12-15/h1-2,4-5,15-16H,3,6-12H2. The van der Waals surface area contributed by atoms with Crippen LogP contribution >= 0.6 is 0 Å². The number of benzene rings is 1. The number of nitrogens with zero attached hydrogens (tertiary/aromatic N) is 1. The molecule has 3 rings (SSSR count). The fraction of sp³-hybridized carbons (Fsp3) is 0.600. The van der Waals surface area contributed by atoms with Gasteiger partial charge in [-0.25, -0.2) is 0 Å². The van der Waals surface area contributed by atoms with Crippen molar-refractivity contribution in [3.8, 4) is 0 Å². The molecule has 92 valence electrons. The molecular formula is C15H22N2. The molecule has 0 spiro atoms. The predicted molar refractivity (Wildman–Crippen MR) is 71.3 cm³/mol. The van der Waals surface area contributed by atoms with Gasteiger partial charge in [0.05, 0.1) is 0 Å². The molecule has 0 aliphatic carbocycles. The second kappa shape index (κ2) is 5.19. The molecule has 17 heavy (non-hydrogen) atoms. The third-order valence-corrected chi connectivity index (χ3v) is 4.24. The lowest BCUT2D eigenvalue weighted by molar-refractivity contribution is 0.173. The Hall–Kier alpha value is -0.860. The molecule has 1 aromatic carbocycles. The third-order valence-electron chi connectivity index (χ3n) is 4.24. The Morgan fingerprint density at radius 1 is 1.06 bits per heavy atom. The van der Waals surface area contributed by atoms with E-state index in [9.17, 15) is 0 Å². The summed E-state index contributed by atoms with van der Waals surface area (Å²) in [6.07, 6.45) is 5.18. The Labute approximate surface area is 104 Å². The zero-order chi connectivity index (χ0) is 11.5. The minimum Gasteiger partial charge on any atom is -0.315 e. The molecular weight excluding hydrogens is 208 g/mol. The van der Waals surface area contributed by atoms with Gasteiger partial charge in [0, 0.05) is 25.7 Å². The monoisotopic (exact) mass is 230 g/mol. The number of hydrogen-bond acceptors (Lipinski definition) is 2. The van der Waals surface area contributed by atoms with Crippen molar-refractivity contribution in [2.75, 3.05) is 26.2 Å². The maximum atomic E-state index is 3.53. The van der Waals surface area contributed by atoms with E-state index in [1.807, 2.05) is 0 Å². The van der Waals surface area contributed by atoms with Crippen molar-refractivity contribution in [2.24, 2.45) is 0 Å². The lowest BCUT2D eigenvalue weighted by atomic mass is 10.0. The minimum atomic E-state index is 0.776. The summed E-state index contributed by atoms with van der Waals surface area (Å²) in [5.41, 5.74) is 3.14. The summed E-state index contributed by atoms with van der Waals surface area (Å²) in [4.78, 5) is 2.70. The molecule has 1 aromatic rings. The van der Waals surface area contributed by atoms with Crippen LogP contribution in [-0.4, -0.2) is 37.1 Å². The molecule has 0 saturated carbocycles. The fourth-order valence-electron chi connectivity index (χ4n) is 3.20. The first kappa shape index (κ1) is 11.2. The van der Waals surface area contributed by atoms with Crippen molar-refractivity contribution in [3.63, 3.8) is 0 Å². The van der Waals surface area contributed by atoms with Crippen LogP contribution < -0.4 is 5.32 Å². The minimum absolute atomic E-state index is 0.776. The van der Waals surface area contributed by atoms with Crippen molar-refractivity contribution in [1.29, 1.82) is 0 Å². The summed E-state index contributed by atoms with van der Waals surface area (Å²) in [6.45, 7) is 4.88. The number of rotatable bonds is 1. The first-order chi connectivity index (χ1) is 8.43. The summed E-state index contributed by atoms with van der Waals surface area (Å²) in [6, 6.07) is 9.74. The molecule has 0 radical (unpaired) electrons. The molecule has 2 heteroatoms. The summed E-state index contributed by atoms with van der Waals surface area (Å²) in [7, 11) is 0. The van der Waals surface area contributed by atoms with E-state index in [1.165, 1.54) is 51.9 Å². The van der Waals surface area contributed by atoms with Crippen molar-refractivity contribution >= 4 is 0 Å². The maximum absolute atomic E-state index is 3.53. The predicted octanol–water partition coefficient (Wildman–Crippen LogP) is 1.84. The van der Waals surface area contributed by atoms with Crippen LogP contribution in [0.4, 0.5) is 0 Å². The van der Waals surface area contributed by atoms with Gasteiger partial charge in [0.1, 0.15) is 0 Å². The van der Waals surface area contributed by atoms with Crippen molar-refractivity contribution < 1.29 is 0 Å². The Bertz CT molecular complexity index is 342. The molecule has 2 nitrogen and oxygen atoms in total.